The zero-order chi connectivity index (χ0) is 18.5. The average Bonchev–Trinajstić information content (AvgIpc) is 2.55. The first-order valence-corrected chi connectivity index (χ1v) is 11.7. The van der Waals surface area contributed by atoms with Crippen molar-refractivity contribution in [3.8, 4) is 0 Å². The number of hydrogen-bond donors (Lipinski definition) is 3. The van der Waals surface area contributed by atoms with Gasteiger partial charge in [0.2, 0.25) is 20.0 Å². The molecular weight excluding hydrogens is 362 g/mol. The van der Waals surface area contributed by atoms with Crippen LogP contribution >= 0.6 is 0 Å². The molecule has 1 aliphatic heterocycles. The summed E-state index contributed by atoms with van der Waals surface area (Å²) in [6.07, 6.45) is 3.09. The highest BCUT2D eigenvalue weighted by Crippen LogP contribution is 2.18. The Morgan fingerprint density at radius 1 is 1.16 bits per heavy atom. The van der Waals surface area contributed by atoms with Crippen molar-refractivity contribution in [3.05, 3.63) is 24.3 Å². The fourth-order valence-electron chi connectivity index (χ4n) is 2.74. The molecular formula is C16H27N3O4S2. The Kier molecular flexibility index (Phi) is 6.84. The van der Waals surface area contributed by atoms with Gasteiger partial charge in [0.05, 0.1) is 10.6 Å². The van der Waals surface area contributed by atoms with Crippen molar-refractivity contribution in [2.75, 3.05) is 17.0 Å². The lowest BCUT2D eigenvalue weighted by molar-refractivity contribution is 0.349. The van der Waals surface area contributed by atoms with Crippen LogP contribution < -0.4 is 14.8 Å². The molecule has 0 saturated carbocycles. The van der Waals surface area contributed by atoms with Gasteiger partial charge < -0.3 is 5.32 Å². The normalized spacial score (nSPS) is 21.8. The van der Waals surface area contributed by atoms with Crippen LogP contribution in [0.5, 0.6) is 0 Å². The quantitative estimate of drug-likeness (QED) is 0.627. The maximum atomic E-state index is 12.5. The van der Waals surface area contributed by atoms with Crippen LogP contribution in [0.25, 0.3) is 0 Å². The van der Waals surface area contributed by atoms with Crippen molar-refractivity contribution < 1.29 is 16.8 Å². The first-order chi connectivity index (χ1) is 11.7. The van der Waals surface area contributed by atoms with E-state index in [9.17, 15) is 16.8 Å². The van der Waals surface area contributed by atoms with E-state index in [1.54, 1.807) is 0 Å². The lowest BCUT2D eigenvalue weighted by atomic mass is 10.0. The van der Waals surface area contributed by atoms with Crippen molar-refractivity contribution in [2.45, 2.75) is 56.5 Å². The summed E-state index contributed by atoms with van der Waals surface area (Å²) in [5.41, 5.74) is 0.364. The summed E-state index contributed by atoms with van der Waals surface area (Å²) >= 11 is 0. The number of rotatable bonds is 8. The van der Waals surface area contributed by atoms with E-state index in [0.717, 1.165) is 25.8 Å². The summed E-state index contributed by atoms with van der Waals surface area (Å²) in [7, 11) is -7.03. The minimum atomic E-state index is -3.63. The molecule has 1 aromatic rings. The van der Waals surface area contributed by atoms with E-state index in [0.29, 0.717) is 12.1 Å². The van der Waals surface area contributed by atoms with Crippen molar-refractivity contribution in [3.63, 3.8) is 0 Å². The standard InChI is InChI=1S/C16H27N3O4S2/c1-3-4-12-24(20,21)18-14-7-9-15(10-8-14)25(22,23)19-16-6-5-11-17-13(16)2/h7-10,13,16-19H,3-6,11-12H2,1-2H3. The van der Waals surface area contributed by atoms with Crippen LogP contribution in [0.3, 0.4) is 0 Å². The van der Waals surface area contributed by atoms with Crippen LogP contribution in [-0.2, 0) is 20.0 Å². The lowest BCUT2D eigenvalue weighted by Crippen LogP contribution is -2.51. The highest BCUT2D eigenvalue weighted by molar-refractivity contribution is 7.92. The molecule has 2 atom stereocenters. The van der Waals surface area contributed by atoms with Crippen LogP contribution in [0.1, 0.15) is 39.5 Å². The summed E-state index contributed by atoms with van der Waals surface area (Å²) in [6.45, 7) is 4.78. The van der Waals surface area contributed by atoms with Gasteiger partial charge >= 0.3 is 0 Å². The largest absolute Gasteiger partial charge is 0.313 e. The third-order valence-corrected chi connectivity index (χ3v) is 7.15. The molecule has 25 heavy (non-hydrogen) atoms. The first kappa shape index (κ1) is 20.2. The maximum absolute atomic E-state index is 12.5. The Morgan fingerprint density at radius 2 is 1.84 bits per heavy atom. The third kappa shape index (κ3) is 5.95. The molecule has 1 saturated heterocycles. The van der Waals surface area contributed by atoms with E-state index in [1.165, 1.54) is 24.3 Å². The van der Waals surface area contributed by atoms with Gasteiger partial charge in [-0.1, -0.05) is 13.3 Å². The first-order valence-electron chi connectivity index (χ1n) is 8.60. The highest BCUT2D eigenvalue weighted by atomic mass is 32.2. The van der Waals surface area contributed by atoms with E-state index in [-0.39, 0.29) is 22.7 Å². The van der Waals surface area contributed by atoms with Gasteiger partial charge in [-0.2, -0.15) is 0 Å². The third-order valence-electron chi connectivity index (χ3n) is 4.27. The number of anilines is 1. The van der Waals surface area contributed by atoms with Gasteiger partial charge in [-0.3, -0.25) is 4.72 Å². The molecule has 2 rings (SSSR count). The zero-order valence-electron chi connectivity index (χ0n) is 14.7. The molecule has 0 aromatic heterocycles. The lowest BCUT2D eigenvalue weighted by Gasteiger charge is -2.30. The Hall–Kier alpha value is -1.16. The van der Waals surface area contributed by atoms with E-state index >= 15 is 0 Å². The SMILES string of the molecule is CCCCS(=O)(=O)Nc1ccc(S(=O)(=O)NC2CCCNC2C)cc1. The second-order valence-corrected chi connectivity index (χ2v) is 9.97. The topological polar surface area (TPSA) is 104 Å². The predicted molar refractivity (Wildman–Crippen MR) is 99.6 cm³/mol. The molecule has 7 nitrogen and oxygen atoms in total. The fraction of sp³-hybridized carbons (Fsp3) is 0.625. The molecule has 0 radical (unpaired) electrons. The highest BCUT2D eigenvalue weighted by Gasteiger charge is 2.26. The molecule has 1 aliphatic rings. The summed E-state index contributed by atoms with van der Waals surface area (Å²) in [4.78, 5) is 0.127. The molecule has 1 heterocycles. The summed E-state index contributed by atoms with van der Waals surface area (Å²) < 4.78 is 54.0. The van der Waals surface area contributed by atoms with Gasteiger partial charge in [0.25, 0.3) is 0 Å². The van der Waals surface area contributed by atoms with Crippen LogP contribution in [0, 0.1) is 0 Å². The van der Waals surface area contributed by atoms with Crippen LogP contribution in [0.15, 0.2) is 29.2 Å². The van der Waals surface area contributed by atoms with Gasteiger partial charge in [-0.25, -0.2) is 21.6 Å². The number of sulfonamides is 2. The summed E-state index contributed by atoms with van der Waals surface area (Å²) in [5, 5.41) is 3.25. The van der Waals surface area contributed by atoms with Gasteiger partial charge in [0.15, 0.2) is 0 Å². The van der Waals surface area contributed by atoms with E-state index in [1.807, 2.05) is 13.8 Å². The molecule has 3 N–H and O–H groups in total. The van der Waals surface area contributed by atoms with E-state index in [2.05, 4.69) is 14.8 Å². The molecule has 9 heteroatoms. The number of piperidine rings is 1. The zero-order valence-corrected chi connectivity index (χ0v) is 16.3. The monoisotopic (exact) mass is 389 g/mol. The van der Waals surface area contributed by atoms with Gasteiger partial charge in [-0.15, -0.1) is 0 Å². The Labute approximate surface area is 150 Å². The number of hydrogen-bond acceptors (Lipinski definition) is 5. The molecule has 1 aromatic carbocycles. The number of nitrogens with one attached hydrogen (secondary N) is 3. The van der Waals surface area contributed by atoms with Crippen molar-refractivity contribution in [1.82, 2.24) is 10.0 Å². The Bertz CT molecular complexity index is 761. The molecule has 0 bridgehead atoms. The van der Waals surface area contributed by atoms with Gasteiger partial charge in [-0.05, 0) is 57.0 Å². The molecule has 0 spiro atoms. The molecule has 0 amide bonds. The summed E-state index contributed by atoms with van der Waals surface area (Å²) in [5.74, 6) is 0.0532. The van der Waals surface area contributed by atoms with Crippen LogP contribution in [0.4, 0.5) is 5.69 Å². The Balaban J connectivity index is 2.05. The van der Waals surface area contributed by atoms with E-state index in [4.69, 9.17) is 0 Å². The van der Waals surface area contributed by atoms with Crippen LogP contribution in [0.2, 0.25) is 0 Å². The van der Waals surface area contributed by atoms with E-state index < -0.39 is 20.0 Å². The van der Waals surface area contributed by atoms with Crippen molar-refractivity contribution >= 4 is 25.7 Å². The minimum absolute atomic E-state index is 0.0532. The number of unbranched alkanes of at least 4 members (excludes halogenated alkanes) is 1. The molecule has 0 aliphatic carbocycles. The minimum Gasteiger partial charge on any atom is -0.313 e. The summed E-state index contributed by atoms with van der Waals surface area (Å²) in [6, 6.07) is 5.71. The Morgan fingerprint density at radius 3 is 2.44 bits per heavy atom. The van der Waals surface area contributed by atoms with Crippen molar-refractivity contribution in [1.29, 1.82) is 0 Å². The second-order valence-electron chi connectivity index (χ2n) is 6.41. The predicted octanol–water partition coefficient (Wildman–Crippen LogP) is 1.65. The fourth-order valence-corrected chi connectivity index (χ4v) is 5.36. The molecule has 2 unspecified atom stereocenters. The number of benzene rings is 1. The molecule has 142 valence electrons. The maximum Gasteiger partial charge on any atom is 0.240 e. The molecule has 1 fully saturated rings. The van der Waals surface area contributed by atoms with Crippen LogP contribution in [-0.4, -0.2) is 41.2 Å². The average molecular weight is 390 g/mol. The second kappa shape index (κ2) is 8.48. The van der Waals surface area contributed by atoms with Crippen molar-refractivity contribution in [2.24, 2.45) is 0 Å². The van der Waals surface area contributed by atoms with Gasteiger partial charge in [0.1, 0.15) is 0 Å². The smallest absolute Gasteiger partial charge is 0.240 e. The van der Waals surface area contributed by atoms with Gasteiger partial charge in [0, 0.05) is 17.8 Å².